The number of piperidine rings is 1. The van der Waals surface area contributed by atoms with Gasteiger partial charge in [0.25, 0.3) is 0 Å². The Morgan fingerprint density at radius 3 is 2.59 bits per heavy atom. The lowest BCUT2D eigenvalue weighted by Gasteiger charge is -2.34. The van der Waals surface area contributed by atoms with Gasteiger partial charge in [0.15, 0.2) is 11.5 Å². The molecule has 5 heteroatoms. The largest absolute Gasteiger partial charge is 0.493 e. The SMILES string of the molecule is [2H]C([2H])([2H])Oc1cccc([C@H](O)C2CCN(CCc3ccc(F)cc3)CC2)c1OC([2H])([2H])[2H]. The number of rotatable bonds is 7. The highest BCUT2D eigenvalue weighted by molar-refractivity contribution is 5.47. The molecule has 27 heavy (non-hydrogen) atoms. The second-order valence-corrected chi connectivity index (χ2v) is 6.88. The standard InChI is InChI=1S/C22H28FNO3/c1-26-20-5-3-4-19(22(20)27-2)21(25)17-11-14-24(15-12-17)13-10-16-6-8-18(23)9-7-16/h3-9,17,21,25H,10-15H2,1-2H3/t21-/m1/s1/i1D3,2D3. The van der Waals surface area contributed by atoms with E-state index in [1.807, 2.05) is 0 Å². The zero-order valence-corrected chi connectivity index (χ0v) is 15.0. The van der Waals surface area contributed by atoms with Gasteiger partial charge >= 0.3 is 0 Å². The van der Waals surface area contributed by atoms with Gasteiger partial charge in [-0.05, 0) is 62.0 Å². The molecule has 3 rings (SSSR count). The van der Waals surface area contributed by atoms with Gasteiger partial charge in [0.05, 0.1) is 28.4 Å². The van der Waals surface area contributed by atoms with E-state index in [4.69, 9.17) is 17.7 Å². The molecule has 2 aromatic rings. The van der Waals surface area contributed by atoms with E-state index < -0.39 is 20.2 Å². The van der Waals surface area contributed by atoms with Crippen molar-refractivity contribution in [2.75, 3.05) is 33.7 Å². The molecule has 1 N–H and O–H groups in total. The molecule has 0 bridgehead atoms. The molecule has 1 fully saturated rings. The average molecular weight is 380 g/mol. The maximum atomic E-state index is 13.1. The summed E-state index contributed by atoms with van der Waals surface area (Å²) in [6.45, 7) is 2.29. The zero-order chi connectivity index (χ0) is 24.2. The molecule has 0 radical (unpaired) electrons. The Labute approximate surface area is 169 Å². The third-order valence-electron chi connectivity index (χ3n) is 5.25. The molecule has 0 unspecified atom stereocenters. The highest BCUT2D eigenvalue weighted by Crippen LogP contribution is 2.39. The summed E-state index contributed by atoms with van der Waals surface area (Å²) < 4.78 is 67.4. The van der Waals surface area contributed by atoms with E-state index in [1.54, 1.807) is 12.1 Å². The van der Waals surface area contributed by atoms with Crippen LogP contribution in [0, 0.1) is 11.7 Å². The molecule has 1 atom stereocenters. The molecule has 0 saturated carbocycles. The molecule has 0 aromatic heterocycles. The number of aliphatic hydroxyl groups excluding tert-OH is 1. The number of aliphatic hydroxyl groups is 1. The molecule has 146 valence electrons. The fourth-order valence-corrected chi connectivity index (χ4v) is 3.64. The van der Waals surface area contributed by atoms with Gasteiger partial charge in [0, 0.05) is 12.1 Å². The summed E-state index contributed by atoms with van der Waals surface area (Å²) in [5, 5.41) is 11.1. The molecule has 0 aliphatic carbocycles. The number of ether oxygens (including phenoxy) is 2. The van der Waals surface area contributed by atoms with Gasteiger partial charge in [0.2, 0.25) is 0 Å². The summed E-state index contributed by atoms with van der Waals surface area (Å²) >= 11 is 0. The van der Waals surface area contributed by atoms with Gasteiger partial charge in [-0.2, -0.15) is 0 Å². The lowest BCUT2D eigenvalue weighted by atomic mass is 9.87. The minimum Gasteiger partial charge on any atom is -0.493 e. The first-order valence-corrected chi connectivity index (χ1v) is 9.07. The van der Waals surface area contributed by atoms with Crippen molar-refractivity contribution in [3.63, 3.8) is 0 Å². The third kappa shape index (κ3) is 4.79. The Morgan fingerprint density at radius 2 is 1.89 bits per heavy atom. The highest BCUT2D eigenvalue weighted by atomic mass is 19.1. The van der Waals surface area contributed by atoms with Gasteiger partial charge < -0.3 is 19.5 Å². The van der Waals surface area contributed by atoms with Gasteiger partial charge in [-0.1, -0.05) is 24.3 Å². The van der Waals surface area contributed by atoms with Crippen molar-refractivity contribution in [3.8, 4) is 11.5 Å². The minimum absolute atomic E-state index is 0.158. The van der Waals surface area contributed by atoms with Crippen LogP contribution in [0.25, 0.3) is 0 Å². The van der Waals surface area contributed by atoms with E-state index in [2.05, 4.69) is 4.90 Å². The molecule has 2 aromatic carbocycles. The summed E-state index contributed by atoms with van der Waals surface area (Å²) in [7, 11) is -5.64. The van der Waals surface area contributed by atoms with E-state index >= 15 is 0 Å². The molecule has 1 saturated heterocycles. The monoisotopic (exact) mass is 379 g/mol. The van der Waals surface area contributed by atoms with E-state index in [0.717, 1.165) is 31.6 Å². The van der Waals surface area contributed by atoms with Crippen molar-refractivity contribution in [1.29, 1.82) is 0 Å². The molecule has 1 heterocycles. The van der Waals surface area contributed by atoms with Crippen LogP contribution < -0.4 is 9.47 Å². The van der Waals surface area contributed by atoms with Crippen LogP contribution in [0.2, 0.25) is 0 Å². The van der Waals surface area contributed by atoms with E-state index in [1.165, 1.54) is 30.3 Å². The van der Waals surface area contributed by atoms with Gasteiger partial charge in [-0.25, -0.2) is 4.39 Å². The quantitative estimate of drug-likeness (QED) is 0.794. The third-order valence-corrected chi connectivity index (χ3v) is 5.25. The fourth-order valence-electron chi connectivity index (χ4n) is 3.64. The lowest BCUT2D eigenvalue weighted by molar-refractivity contribution is 0.0573. The predicted octanol–water partition coefficient (Wildman–Crippen LogP) is 3.83. The maximum absolute atomic E-state index is 13.1. The van der Waals surface area contributed by atoms with Gasteiger partial charge in [0.1, 0.15) is 5.82 Å². The van der Waals surface area contributed by atoms with Crippen LogP contribution in [-0.2, 0) is 6.42 Å². The van der Waals surface area contributed by atoms with Crippen molar-refractivity contribution >= 4 is 0 Å². The molecule has 0 spiro atoms. The van der Waals surface area contributed by atoms with E-state index in [-0.39, 0.29) is 28.8 Å². The summed E-state index contributed by atoms with van der Waals surface area (Å²) in [4.78, 5) is 2.26. The lowest BCUT2D eigenvalue weighted by Crippen LogP contribution is -2.36. The van der Waals surface area contributed by atoms with Crippen molar-refractivity contribution in [1.82, 2.24) is 4.90 Å². The van der Waals surface area contributed by atoms with Crippen molar-refractivity contribution in [2.45, 2.75) is 25.4 Å². The summed E-state index contributed by atoms with van der Waals surface area (Å²) in [5.41, 5.74) is 1.24. The normalized spacial score (nSPS) is 21.1. The first-order valence-electron chi connectivity index (χ1n) is 12.1. The Bertz CT molecular complexity index is 912. The number of halogens is 1. The molecule has 1 aliphatic rings. The van der Waals surface area contributed by atoms with Crippen LogP contribution in [0.4, 0.5) is 4.39 Å². The van der Waals surface area contributed by atoms with Crippen LogP contribution >= 0.6 is 0 Å². The number of hydrogen-bond acceptors (Lipinski definition) is 4. The van der Waals surface area contributed by atoms with Gasteiger partial charge in [-0.3, -0.25) is 0 Å². The zero-order valence-electron chi connectivity index (χ0n) is 21.0. The Kier molecular flexibility index (Phi) is 4.47. The van der Waals surface area contributed by atoms with E-state index in [9.17, 15) is 9.50 Å². The average Bonchev–Trinajstić information content (AvgIpc) is 2.72. The highest BCUT2D eigenvalue weighted by Gasteiger charge is 2.28. The number of para-hydroxylation sites is 1. The number of likely N-dealkylation sites (tertiary alicyclic amines) is 1. The molecular formula is C22H28FNO3. The van der Waals surface area contributed by atoms with Crippen LogP contribution in [0.5, 0.6) is 11.5 Å². The topological polar surface area (TPSA) is 41.9 Å². The summed E-state index contributed by atoms with van der Waals surface area (Å²) in [6, 6.07) is 10.8. The summed E-state index contributed by atoms with van der Waals surface area (Å²) in [5.74, 6) is -0.947. The number of benzene rings is 2. The van der Waals surface area contributed by atoms with Crippen molar-refractivity contribution < 1.29 is 27.2 Å². The smallest absolute Gasteiger partial charge is 0.166 e. The van der Waals surface area contributed by atoms with Crippen LogP contribution in [-0.4, -0.2) is 43.7 Å². The van der Waals surface area contributed by atoms with Crippen LogP contribution in [0.15, 0.2) is 42.5 Å². The fraction of sp³-hybridized carbons (Fsp3) is 0.455. The first-order chi connectivity index (χ1) is 15.4. The Morgan fingerprint density at radius 1 is 1.15 bits per heavy atom. The maximum Gasteiger partial charge on any atom is 0.166 e. The predicted molar refractivity (Wildman–Crippen MR) is 104 cm³/mol. The summed E-state index contributed by atoms with van der Waals surface area (Å²) in [6.07, 6.45) is 1.09. The molecular weight excluding hydrogens is 345 g/mol. The number of methoxy groups -OCH3 is 2. The molecule has 0 amide bonds. The van der Waals surface area contributed by atoms with Crippen molar-refractivity contribution in [2.24, 2.45) is 5.92 Å². The Balaban J connectivity index is 1.67. The minimum atomic E-state index is -2.84. The molecule has 4 nitrogen and oxygen atoms in total. The second-order valence-electron chi connectivity index (χ2n) is 6.88. The van der Waals surface area contributed by atoms with Crippen LogP contribution in [0.3, 0.4) is 0 Å². The second kappa shape index (κ2) is 9.20. The van der Waals surface area contributed by atoms with Crippen LogP contribution in [0.1, 0.15) is 38.3 Å². The van der Waals surface area contributed by atoms with E-state index in [0.29, 0.717) is 12.8 Å². The van der Waals surface area contributed by atoms with Crippen molar-refractivity contribution in [3.05, 3.63) is 59.4 Å². The number of nitrogens with zero attached hydrogens (tertiary/aromatic N) is 1. The molecule has 1 aliphatic heterocycles. The Hall–Kier alpha value is -2.11. The number of hydrogen-bond donors (Lipinski definition) is 1. The first kappa shape index (κ1) is 13.1. The van der Waals surface area contributed by atoms with Gasteiger partial charge in [-0.15, -0.1) is 0 Å².